The summed E-state index contributed by atoms with van der Waals surface area (Å²) in [6.07, 6.45) is 17.9. The lowest BCUT2D eigenvalue weighted by molar-refractivity contribution is -0.143. The number of esters is 1. The maximum Gasteiger partial charge on any atom is 0.331 e. The molecule has 8 atom stereocenters. The van der Waals surface area contributed by atoms with Crippen LogP contribution in [-0.2, 0) is 19.1 Å². The van der Waals surface area contributed by atoms with Crippen LogP contribution in [0.4, 0.5) is 0 Å². The summed E-state index contributed by atoms with van der Waals surface area (Å²) in [5.74, 6) is 0.363. The van der Waals surface area contributed by atoms with Gasteiger partial charge in [0.2, 0.25) is 0 Å². The lowest BCUT2D eigenvalue weighted by atomic mass is 9.83. The van der Waals surface area contributed by atoms with Crippen LogP contribution in [0.2, 0.25) is 0 Å². The van der Waals surface area contributed by atoms with Crippen molar-refractivity contribution < 1.29 is 24.2 Å². The first kappa shape index (κ1) is 31.0. The van der Waals surface area contributed by atoms with Crippen molar-refractivity contribution in [1.82, 2.24) is 0 Å². The van der Waals surface area contributed by atoms with Crippen LogP contribution in [0, 0.1) is 29.6 Å². The number of carbonyl (C=O) groups excluding carboxylic acids is 2. The molecule has 5 nitrogen and oxygen atoms in total. The minimum atomic E-state index is -0.344. The Bertz CT molecular complexity index is 939. The molecule has 0 aromatic heterocycles. The molecule has 2 aliphatic heterocycles. The third-order valence-corrected chi connectivity index (χ3v) is 7.57. The van der Waals surface area contributed by atoms with E-state index in [-0.39, 0.29) is 53.9 Å². The van der Waals surface area contributed by atoms with Crippen LogP contribution in [0.5, 0.6) is 0 Å². The fraction of sp³-hybridized carbons (Fsp3) is 0.625. The molecule has 1 N–H and O–H groups in total. The SMILES string of the molecule is CC(=C/[C@H](C)C/C=C/C(C)=C/[C@H](C)C(=O)[C@H](C)[C@H]1O[C@@](C)(CCO)C[C@@H]1C)/C=C/[C@H]1OC(=O)C=C[C@@H]1C. The Morgan fingerprint density at radius 2 is 1.84 bits per heavy atom. The first-order valence-electron chi connectivity index (χ1n) is 13.8. The van der Waals surface area contributed by atoms with Gasteiger partial charge in [0.15, 0.2) is 0 Å². The largest absolute Gasteiger partial charge is 0.454 e. The Hall–Kier alpha value is -2.24. The smallest absolute Gasteiger partial charge is 0.331 e. The van der Waals surface area contributed by atoms with Crippen LogP contribution in [0.3, 0.4) is 0 Å². The van der Waals surface area contributed by atoms with Crippen LogP contribution in [0.25, 0.3) is 0 Å². The van der Waals surface area contributed by atoms with Gasteiger partial charge in [-0.25, -0.2) is 4.79 Å². The van der Waals surface area contributed by atoms with Crippen LogP contribution >= 0.6 is 0 Å². The van der Waals surface area contributed by atoms with Crippen molar-refractivity contribution in [2.45, 2.75) is 92.5 Å². The number of cyclic esters (lactones) is 1. The highest BCUT2D eigenvalue weighted by Crippen LogP contribution is 2.40. The predicted molar refractivity (Wildman–Crippen MR) is 150 cm³/mol. The van der Waals surface area contributed by atoms with E-state index in [1.54, 1.807) is 0 Å². The van der Waals surface area contributed by atoms with Gasteiger partial charge >= 0.3 is 5.97 Å². The molecule has 0 aromatic carbocycles. The maximum atomic E-state index is 13.2. The molecule has 0 bridgehead atoms. The minimum absolute atomic E-state index is 0.0995. The number of ether oxygens (including phenoxy) is 2. The quantitative estimate of drug-likeness (QED) is 0.237. The second-order valence-electron chi connectivity index (χ2n) is 11.6. The predicted octanol–water partition coefficient (Wildman–Crippen LogP) is 6.54. The third-order valence-electron chi connectivity index (χ3n) is 7.57. The molecule has 0 unspecified atom stereocenters. The minimum Gasteiger partial charge on any atom is -0.454 e. The van der Waals surface area contributed by atoms with Crippen LogP contribution in [0.15, 0.2) is 59.8 Å². The van der Waals surface area contributed by atoms with Gasteiger partial charge < -0.3 is 14.6 Å². The Morgan fingerprint density at radius 1 is 1.16 bits per heavy atom. The van der Waals surface area contributed by atoms with Crippen molar-refractivity contribution >= 4 is 11.8 Å². The van der Waals surface area contributed by atoms with E-state index in [1.807, 2.05) is 58.9 Å². The van der Waals surface area contributed by atoms with Gasteiger partial charge in [-0.1, -0.05) is 82.2 Å². The monoisotopic (exact) mass is 512 g/mol. The first-order chi connectivity index (χ1) is 17.3. The molecular weight excluding hydrogens is 464 g/mol. The molecule has 0 aromatic rings. The van der Waals surface area contributed by atoms with Crippen molar-refractivity contribution in [2.75, 3.05) is 6.61 Å². The molecule has 2 aliphatic rings. The number of hydrogen-bond acceptors (Lipinski definition) is 5. The van der Waals surface area contributed by atoms with Gasteiger partial charge in [-0.3, -0.25) is 4.79 Å². The van der Waals surface area contributed by atoms with E-state index in [9.17, 15) is 14.7 Å². The van der Waals surface area contributed by atoms with Crippen molar-refractivity contribution in [3.63, 3.8) is 0 Å². The molecule has 5 heteroatoms. The van der Waals surface area contributed by atoms with Gasteiger partial charge in [0.05, 0.1) is 11.7 Å². The zero-order valence-electron chi connectivity index (χ0n) is 24.1. The van der Waals surface area contributed by atoms with E-state index in [0.717, 1.165) is 24.0 Å². The molecular formula is C32H48O5. The highest BCUT2D eigenvalue weighted by Gasteiger charge is 2.44. The standard InChI is InChI=1S/C32H48O5/c1-21(18-23(3)12-14-28-24(4)13-15-29(34)36-28)10-9-11-22(2)19-25(5)30(35)27(7)31-26(6)20-32(8,37-31)16-17-33/h9,11-15,18-19,21,24-28,31,33H,10,16-17,20H2,1-8H3/b11-9+,14-12+,22-19+,23-18-/t21-,24+,25+,26+,27+,28-,31+,32+/m1/s1. The Labute approximate surface area is 224 Å². The molecule has 37 heavy (non-hydrogen) atoms. The van der Waals surface area contributed by atoms with E-state index in [2.05, 4.69) is 39.0 Å². The van der Waals surface area contributed by atoms with E-state index in [0.29, 0.717) is 18.3 Å². The summed E-state index contributed by atoms with van der Waals surface area (Å²) in [6, 6.07) is 0. The molecule has 1 saturated heterocycles. The Kier molecular flexibility index (Phi) is 11.8. The molecule has 0 saturated carbocycles. The van der Waals surface area contributed by atoms with Crippen LogP contribution < -0.4 is 0 Å². The second kappa shape index (κ2) is 14.1. The third kappa shape index (κ3) is 9.54. The zero-order valence-corrected chi connectivity index (χ0v) is 24.1. The Balaban J connectivity index is 1.87. The number of rotatable bonds is 12. The summed E-state index contributed by atoms with van der Waals surface area (Å²) in [5, 5.41) is 9.35. The van der Waals surface area contributed by atoms with Gasteiger partial charge in [-0.15, -0.1) is 0 Å². The fourth-order valence-corrected chi connectivity index (χ4v) is 5.51. The molecule has 2 rings (SSSR count). The molecule has 0 aliphatic carbocycles. The van der Waals surface area contributed by atoms with Crippen molar-refractivity contribution in [3.8, 4) is 0 Å². The van der Waals surface area contributed by atoms with Gasteiger partial charge in [0, 0.05) is 30.4 Å². The van der Waals surface area contributed by atoms with Gasteiger partial charge in [0.25, 0.3) is 0 Å². The molecule has 1 fully saturated rings. The molecule has 0 spiro atoms. The number of aliphatic hydroxyl groups excluding tert-OH is 1. The van der Waals surface area contributed by atoms with Gasteiger partial charge in [-0.05, 0) is 57.9 Å². The summed E-state index contributed by atoms with van der Waals surface area (Å²) in [5.41, 5.74) is 1.87. The number of aliphatic hydroxyl groups is 1. The average Bonchev–Trinajstić information content (AvgIpc) is 3.12. The molecule has 206 valence electrons. The van der Waals surface area contributed by atoms with Crippen molar-refractivity contribution in [2.24, 2.45) is 29.6 Å². The normalized spacial score (nSPS) is 31.6. The Morgan fingerprint density at radius 3 is 2.51 bits per heavy atom. The van der Waals surface area contributed by atoms with Crippen molar-refractivity contribution in [3.05, 3.63) is 59.8 Å². The topological polar surface area (TPSA) is 72.8 Å². The van der Waals surface area contributed by atoms with Crippen LogP contribution in [0.1, 0.15) is 74.7 Å². The molecule has 0 amide bonds. The van der Waals surface area contributed by atoms with Gasteiger partial charge in [0.1, 0.15) is 11.9 Å². The zero-order chi connectivity index (χ0) is 27.8. The highest BCUT2D eigenvalue weighted by molar-refractivity contribution is 5.85. The molecule has 0 radical (unpaired) electrons. The number of hydrogen-bond donors (Lipinski definition) is 1. The summed E-state index contributed by atoms with van der Waals surface area (Å²) >= 11 is 0. The maximum absolute atomic E-state index is 13.2. The average molecular weight is 513 g/mol. The van der Waals surface area contributed by atoms with E-state index in [4.69, 9.17) is 9.47 Å². The number of ketones is 1. The van der Waals surface area contributed by atoms with E-state index < -0.39 is 0 Å². The fourth-order valence-electron chi connectivity index (χ4n) is 5.51. The number of Topliss-reactive ketones (excluding diaryl/α,β-unsaturated/α-hetero) is 1. The highest BCUT2D eigenvalue weighted by atomic mass is 16.5. The summed E-state index contributed by atoms with van der Waals surface area (Å²) in [4.78, 5) is 24.6. The van der Waals surface area contributed by atoms with E-state index in [1.165, 1.54) is 6.08 Å². The molecule has 2 heterocycles. The summed E-state index contributed by atoms with van der Waals surface area (Å²) in [6.45, 7) is 16.5. The lowest BCUT2D eigenvalue weighted by Gasteiger charge is -2.27. The number of carbonyl (C=O) groups is 2. The summed E-state index contributed by atoms with van der Waals surface area (Å²) < 4.78 is 11.6. The first-order valence-corrected chi connectivity index (χ1v) is 13.8. The van der Waals surface area contributed by atoms with Crippen molar-refractivity contribution in [1.29, 1.82) is 0 Å². The van der Waals surface area contributed by atoms with Gasteiger partial charge in [-0.2, -0.15) is 0 Å². The number of allylic oxidation sites excluding steroid dienone is 7. The summed E-state index contributed by atoms with van der Waals surface area (Å²) in [7, 11) is 0. The second-order valence-corrected chi connectivity index (χ2v) is 11.6. The van der Waals surface area contributed by atoms with Crippen LogP contribution in [-0.4, -0.2) is 41.3 Å². The van der Waals surface area contributed by atoms with E-state index >= 15 is 0 Å². The lowest BCUT2D eigenvalue weighted by Crippen LogP contribution is -2.34.